The van der Waals surface area contributed by atoms with Gasteiger partial charge in [-0.3, -0.25) is 9.59 Å². The molecule has 0 spiro atoms. The molecule has 0 aliphatic heterocycles. The zero-order valence-electron chi connectivity index (χ0n) is 12.2. The summed E-state index contributed by atoms with van der Waals surface area (Å²) in [6.07, 6.45) is 0.821. The number of benzene rings is 1. The normalized spacial score (nSPS) is 12.3. The predicted octanol–water partition coefficient (Wildman–Crippen LogP) is 1.67. The summed E-state index contributed by atoms with van der Waals surface area (Å²) in [6.45, 7) is 1.81. The number of fused-ring (bicyclic) bond motifs is 1. The average molecular weight is 289 g/mol. The maximum Gasteiger partial charge on any atom is 0.308 e. The fourth-order valence-corrected chi connectivity index (χ4v) is 2.13. The Morgan fingerprint density at radius 1 is 1.38 bits per heavy atom. The number of aliphatic carboxylic acids is 1. The second-order valence-corrected chi connectivity index (χ2v) is 5.21. The van der Waals surface area contributed by atoms with Crippen molar-refractivity contribution in [3.8, 4) is 0 Å². The van der Waals surface area contributed by atoms with Crippen molar-refractivity contribution in [2.75, 3.05) is 13.6 Å². The van der Waals surface area contributed by atoms with Crippen molar-refractivity contribution in [3.05, 3.63) is 30.1 Å². The number of carboxylic acids is 1. The van der Waals surface area contributed by atoms with E-state index >= 15 is 0 Å². The van der Waals surface area contributed by atoms with Crippen LogP contribution < -0.4 is 0 Å². The lowest BCUT2D eigenvalue weighted by Crippen LogP contribution is -2.33. The summed E-state index contributed by atoms with van der Waals surface area (Å²) < 4.78 is 0. The van der Waals surface area contributed by atoms with Gasteiger partial charge < -0.3 is 15.0 Å². The number of H-pyrrole nitrogens is 1. The lowest BCUT2D eigenvalue weighted by molar-refractivity contribution is -0.142. The van der Waals surface area contributed by atoms with Gasteiger partial charge in [0.25, 0.3) is 0 Å². The van der Waals surface area contributed by atoms with Crippen LogP contribution >= 0.6 is 0 Å². The van der Waals surface area contributed by atoms with Crippen LogP contribution in [0.2, 0.25) is 0 Å². The van der Waals surface area contributed by atoms with Crippen LogP contribution in [0, 0.1) is 5.92 Å². The number of carboxylic acid groups (broad SMARTS) is 1. The largest absolute Gasteiger partial charge is 0.481 e. The quantitative estimate of drug-likeness (QED) is 0.847. The van der Waals surface area contributed by atoms with Gasteiger partial charge in [0, 0.05) is 26.4 Å². The topological polar surface area (TPSA) is 86.3 Å². The molecule has 0 saturated heterocycles. The van der Waals surface area contributed by atoms with E-state index in [0.717, 1.165) is 16.9 Å². The van der Waals surface area contributed by atoms with E-state index in [2.05, 4.69) is 9.97 Å². The number of aromatic amines is 1. The van der Waals surface area contributed by atoms with Crippen LogP contribution in [0.4, 0.5) is 0 Å². The second-order valence-electron chi connectivity index (χ2n) is 5.21. The van der Waals surface area contributed by atoms with Crippen LogP contribution in [0.25, 0.3) is 11.0 Å². The number of para-hydroxylation sites is 2. The molecule has 2 N–H and O–H groups in total. The van der Waals surface area contributed by atoms with E-state index in [9.17, 15) is 9.59 Å². The molecule has 112 valence electrons. The molecule has 1 aromatic carbocycles. The number of carbonyl (C=O) groups is 2. The Balaban J connectivity index is 1.89. The number of aryl methyl sites for hydroxylation is 1. The first kappa shape index (κ1) is 15.0. The second kappa shape index (κ2) is 6.39. The van der Waals surface area contributed by atoms with Crippen molar-refractivity contribution < 1.29 is 14.7 Å². The number of hydrogen-bond acceptors (Lipinski definition) is 3. The van der Waals surface area contributed by atoms with Crippen LogP contribution in [0.15, 0.2) is 24.3 Å². The summed E-state index contributed by atoms with van der Waals surface area (Å²) in [5.41, 5.74) is 1.83. The molecule has 1 heterocycles. The third kappa shape index (κ3) is 3.81. The molecule has 0 radical (unpaired) electrons. The molecular weight excluding hydrogens is 270 g/mol. The Hall–Kier alpha value is -2.37. The predicted molar refractivity (Wildman–Crippen MR) is 78.9 cm³/mol. The highest BCUT2D eigenvalue weighted by molar-refractivity contribution is 5.78. The van der Waals surface area contributed by atoms with E-state index in [4.69, 9.17) is 5.11 Å². The van der Waals surface area contributed by atoms with E-state index < -0.39 is 11.9 Å². The molecule has 6 nitrogen and oxygen atoms in total. The molecule has 2 aromatic rings. The molecule has 1 unspecified atom stereocenters. The first-order chi connectivity index (χ1) is 9.97. The van der Waals surface area contributed by atoms with Gasteiger partial charge in [-0.1, -0.05) is 19.1 Å². The fourth-order valence-electron chi connectivity index (χ4n) is 2.13. The van der Waals surface area contributed by atoms with Crippen molar-refractivity contribution in [3.63, 3.8) is 0 Å². The zero-order valence-corrected chi connectivity index (χ0v) is 12.2. The third-order valence-electron chi connectivity index (χ3n) is 3.41. The van der Waals surface area contributed by atoms with Crippen molar-refractivity contribution >= 4 is 22.9 Å². The van der Waals surface area contributed by atoms with Crippen LogP contribution in [-0.2, 0) is 16.0 Å². The number of carbonyl (C=O) groups excluding carboxylic acids is 1. The molecule has 2 rings (SSSR count). The fraction of sp³-hybridized carbons (Fsp3) is 0.400. The Labute approximate surface area is 122 Å². The molecule has 6 heteroatoms. The van der Waals surface area contributed by atoms with Gasteiger partial charge in [-0.25, -0.2) is 4.98 Å². The molecular formula is C15H19N3O3. The zero-order chi connectivity index (χ0) is 15.4. The third-order valence-corrected chi connectivity index (χ3v) is 3.41. The van der Waals surface area contributed by atoms with Crippen molar-refractivity contribution in [1.82, 2.24) is 14.9 Å². The highest BCUT2D eigenvalue weighted by Crippen LogP contribution is 2.12. The number of rotatable bonds is 6. The SMILES string of the molecule is CC(CN(C)C(=O)CCc1nc2ccccc2[nH]1)C(=O)O. The van der Waals surface area contributed by atoms with Gasteiger partial charge in [-0.2, -0.15) is 0 Å². The van der Waals surface area contributed by atoms with Crippen LogP contribution in [0.3, 0.4) is 0 Å². The van der Waals surface area contributed by atoms with E-state index in [0.29, 0.717) is 12.8 Å². The number of hydrogen-bond donors (Lipinski definition) is 2. The minimum Gasteiger partial charge on any atom is -0.481 e. The van der Waals surface area contributed by atoms with Crippen LogP contribution in [0.1, 0.15) is 19.2 Å². The highest BCUT2D eigenvalue weighted by Gasteiger charge is 2.17. The number of nitrogens with one attached hydrogen (secondary N) is 1. The Kier molecular flexibility index (Phi) is 4.57. The molecule has 0 aliphatic carbocycles. The molecule has 21 heavy (non-hydrogen) atoms. The maximum absolute atomic E-state index is 12.0. The highest BCUT2D eigenvalue weighted by atomic mass is 16.4. The average Bonchev–Trinajstić information content (AvgIpc) is 2.87. The van der Waals surface area contributed by atoms with E-state index in [-0.39, 0.29) is 12.5 Å². The van der Waals surface area contributed by atoms with Crippen LogP contribution in [-0.4, -0.2) is 45.4 Å². The van der Waals surface area contributed by atoms with Crippen molar-refractivity contribution in [2.45, 2.75) is 19.8 Å². The van der Waals surface area contributed by atoms with E-state index in [1.807, 2.05) is 24.3 Å². The number of amides is 1. The van der Waals surface area contributed by atoms with Gasteiger partial charge in [0.15, 0.2) is 0 Å². The summed E-state index contributed by atoms with van der Waals surface area (Å²) in [5.74, 6) is -0.773. The first-order valence-corrected chi connectivity index (χ1v) is 6.87. The number of imidazole rings is 1. The summed E-state index contributed by atoms with van der Waals surface area (Å²) in [4.78, 5) is 31.8. The molecule has 1 amide bonds. The minimum absolute atomic E-state index is 0.0800. The van der Waals surface area contributed by atoms with Gasteiger partial charge in [-0.15, -0.1) is 0 Å². The number of nitrogens with zero attached hydrogens (tertiary/aromatic N) is 2. The standard InChI is InChI=1S/C15H19N3O3/c1-10(15(20)21)9-18(2)14(19)8-7-13-16-11-5-3-4-6-12(11)17-13/h3-6,10H,7-9H2,1-2H3,(H,16,17)(H,20,21). The van der Waals surface area contributed by atoms with E-state index in [1.165, 1.54) is 4.90 Å². The van der Waals surface area contributed by atoms with Crippen molar-refractivity contribution in [1.29, 1.82) is 0 Å². The van der Waals surface area contributed by atoms with Gasteiger partial charge >= 0.3 is 5.97 Å². The lowest BCUT2D eigenvalue weighted by atomic mass is 10.1. The van der Waals surface area contributed by atoms with Gasteiger partial charge in [0.1, 0.15) is 5.82 Å². The number of aromatic nitrogens is 2. The smallest absolute Gasteiger partial charge is 0.308 e. The summed E-state index contributed by atoms with van der Waals surface area (Å²) in [6, 6.07) is 7.70. The van der Waals surface area contributed by atoms with Crippen LogP contribution in [0.5, 0.6) is 0 Å². The summed E-state index contributed by atoms with van der Waals surface area (Å²) in [7, 11) is 1.63. The molecule has 0 aliphatic rings. The lowest BCUT2D eigenvalue weighted by Gasteiger charge is -2.19. The Morgan fingerprint density at radius 2 is 2.10 bits per heavy atom. The Morgan fingerprint density at radius 3 is 2.76 bits per heavy atom. The minimum atomic E-state index is -0.896. The molecule has 1 atom stereocenters. The molecule has 0 saturated carbocycles. The van der Waals surface area contributed by atoms with Gasteiger partial charge in [-0.05, 0) is 12.1 Å². The van der Waals surface area contributed by atoms with Gasteiger partial charge in [0.05, 0.1) is 17.0 Å². The van der Waals surface area contributed by atoms with Crippen molar-refractivity contribution in [2.24, 2.45) is 5.92 Å². The summed E-state index contributed by atoms with van der Waals surface area (Å²) >= 11 is 0. The molecule has 1 aromatic heterocycles. The molecule has 0 bridgehead atoms. The monoisotopic (exact) mass is 289 g/mol. The first-order valence-electron chi connectivity index (χ1n) is 6.87. The maximum atomic E-state index is 12.0. The molecule has 0 fully saturated rings. The summed E-state index contributed by atoms with van der Waals surface area (Å²) in [5, 5.41) is 8.85. The Bertz CT molecular complexity index is 617. The van der Waals surface area contributed by atoms with Gasteiger partial charge in [0.2, 0.25) is 5.91 Å². The van der Waals surface area contributed by atoms with E-state index in [1.54, 1.807) is 14.0 Å².